The fourth-order valence-corrected chi connectivity index (χ4v) is 6.28. The number of nitrogens with one attached hydrogen (secondary N) is 2. The Balaban J connectivity index is 1.54. The summed E-state index contributed by atoms with van der Waals surface area (Å²) in [5.41, 5.74) is 2.53. The van der Waals surface area contributed by atoms with E-state index in [2.05, 4.69) is 48.5 Å². The highest BCUT2D eigenvalue weighted by Gasteiger charge is 2.50. The SMILES string of the molecule is CC(C)(C)c1ccc(N(C(=O)C2CC3NC2C[C@@H]3O)C(C(=O)NC2CCCCC2)c2cccnc2)cc1. The molecule has 5 atom stereocenters. The number of rotatable bonds is 6. The lowest BCUT2D eigenvalue weighted by Crippen LogP contribution is -2.50. The van der Waals surface area contributed by atoms with E-state index >= 15 is 0 Å². The fraction of sp³-hybridized carbons (Fsp3) is 0.567. The van der Waals surface area contributed by atoms with E-state index < -0.39 is 12.1 Å². The van der Waals surface area contributed by atoms with Gasteiger partial charge in [-0.05, 0) is 54.9 Å². The molecule has 0 spiro atoms. The van der Waals surface area contributed by atoms with Crippen LogP contribution in [0.25, 0.3) is 0 Å². The molecule has 0 radical (unpaired) electrons. The van der Waals surface area contributed by atoms with E-state index in [1.54, 1.807) is 17.3 Å². The summed E-state index contributed by atoms with van der Waals surface area (Å²) in [4.78, 5) is 34.3. The van der Waals surface area contributed by atoms with Crippen molar-refractivity contribution < 1.29 is 14.7 Å². The monoisotopic (exact) mass is 504 g/mol. The smallest absolute Gasteiger partial charge is 0.248 e. The molecule has 1 aliphatic carbocycles. The number of aromatic nitrogens is 1. The second-order valence-electron chi connectivity index (χ2n) is 12.1. The van der Waals surface area contributed by atoms with Crippen molar-refractivity contribution in [3.05, 3.63) is 59.9 Å². The van der Waals surface area contributed by atoms with Gasteiger partial charge in [0, 0.05) is 41.8 Å². The van der Waals surface area contributed by atoms with E-state index in [0.29, 0.717) is 24.1 Å². The van der Waals surface area contributed by atoms with E-state index in [0.717, 1.165) is 31.2 Å². The molecule has 3 N–H and O–H groups in total. The summed E-state index contributed by atoms with van der Waals surface area (Å²) in [5, 5.41) is 17.0. The van der Waals surface area contributed by atoms with E-state index in [1.165, 1.54) is 6.42 Å². The van der Waals surface area contributed by atoms with Gasteiger partial charge in [-0.2, -0.15) is 0 Å². The number of hydrogen-bond donors (Lipinski definition) is 3. The van der Waals surface area contributed by atoms with Gasteiger partial charge in [0.05, 0.1) is 12.0 Å². The van der Waals surface area contributed by atoms with Crippen LogP contribution in [0.3, 0.4) is 0 Å². The predicted octanol–water partition coefficient (Wildman–Crippen LogP) is 4.01. The summed E-state index contributed by atoms with van der Waals surface area (Å²) in [5.74, 6) is -0.537. The highest BCUT2D eigenvalue weighted by atomic mass is 16.3. The molecular weight excluding hydrogens is 464 g/mol. The van der Waals surface area contributed by atoms with E-state index in [-0.39, 0.29) is 41.3 Å². The Morgan fingerprint density at radius 3 is 2.35 bits per heavy atom. The van der Waals surface area contributed by atoms with Crippen molar-refractivity contribution in [2.45, 2.75) is 101 Å². The number of hydrogen-bond acceptors (Lipinski definition) is 5. The Morgan fingerprint density at radius 2 is 1.78 bits per heavy atom. The lowest BCUT2D eigenvalue weighted by atomic mass is 9.85. The van der Waals surface area contributed by atoms with Gasteiger partial charge in [0.1, 0.15) is 6.04 Å². The van der Waals surface area contributed by atoms with Crippen molar-refractivity contribution in [2.75, 3.05) is 4.90 Å². The lowest BCUT2D eigenvalue weighted by Gasteiger charge is -2.36. The van der Waals surface area contributed by atoms with Crippen LogP contribution in [-0.2, 0) is 15.0 Å². The van der Waals surface area contributed by atoms with Crippen LogP contribution < -0.4 is 15.5 Å². The van der Waals surface area contributed by atoms with Crippen LogP contribution >= 0.6 is 0 Å². The first-order valence-electron chi connectivity index (χ1n) is 13.8. The summed E-state index contributed by atoms with van der Waals surface area (Å²) in [6.07, 6.45) is 9.44. The van der Waals surface area contributed by atoms with Gasteiger partial charge in [0.2, 0.25) is 11.8 Å². The number of benzene rings is 1. The summed E-state index contributed by atoms with van der Waals surface area (Å²) < 4.78 is 0. The van der Waals surface area contributed by atoms with Crippen LogP contribution in [0.15, 0.2) is 48.8 Å². The zero-order valence-corrected chi connectivity index (χ0v) is 22.2. The quantitative estimate of drug-likeness (QED) is 0.553. The lowest BCUT2D eigenvalue weighted by molar-refractivity contribution is -0.129. The molecule has 1 aromatic carbocycles. The van der Waals surface area contributed by atoms with E-state index in [1.807, 2.05) is 24.3 Å². The number of aliphatic hydroxyl groups is 1. The second-order valence-corrected chi connectivity index (χ2v) is 12.1. The van der Waals surface area contributed by atoms with Crippen LogP contribution in [0.5, 0.6) is 0 Å². The third-order valence-electron chi connectivity index (χ3n) is 8.41. The minimum atomic E-state index is -0.826. The molecule has 1 saturated carbocycles. The zero-order valence-electron chi connectivity index (χ0n) is 22.2. The maximum atomic E-state index is 14.3. The Bertz CT molecular complexity index is 1090. The summed E-state index contributed by atoms with van der Waals surface area (Å²) in [6.45, 7) is 6.48. The molecule has 198 valence electrons. The molecule has 2 aromatic rings. The van der Waals surface area contributed by atoms with Crippen molar-refractivity contribution in [1.29, 1.82) is 0 Å². The summed E-state index contributed by atoms with van der Waals surface area (Å²) in [6, 6.07) is 10.9. The third kappa shape index (κ3) is 5.43. The van der Waals surface area contributed by atoms with Crippen molar-refractivity contribution in [3.63, 3.8) is 0 Å². The largest absolute Gasteiger partial charge is 0.391 e. The van der Waals surface area contributed by atoms with Crippen molar-refractivity contribution in [3.8, 4) is 0 Å². The number of pyridine rings is 1. The van der Waals surface area contributed by atoms with Crippen molar-refractivity contribution in [1.82, 2.24) is 15.6 Å². The molecule has 3 aliphatic rings. The molecule has 1 aromatic heterocycles. The van der Waals surface area contributed by atoms with Gasteiger partial charge in [0.15, 0.2) is 0 Å². The molecular formula is C30H40N4O3. The Kier molecular flexibility index (Phi) is 7.37. The molecule has 3 fully saturated rings. The average Bonchev–Trinajstić information content (AvgIpc) is 3.47. The normalized spacial score (nSPS) is 26.6. The number of amides is 2. The average molecular weight is 505 g/mol. The highest BCUT2D eigenvalue weighted by Crippen LogP contribution is 2.39. The molecule has 2 saturated heterocycles. The van der Waals surface area contributed by atoms with Gasteiger partial charge in [-0.15, -0.1) is 0 Å². The second kappa shape index (κ2) is 10.5. The van der Waals surface area contributed by atoms with Crippen LogP contribution in [-0.4, -0.2) is 46.1 Å². The number of carbonyl (C=O) groups excluding carboxylic acids is 2. The topological polar surface area (TPSA) is 94.6 Å². The van der Waals surface area contributed by atoms with Gasteiger partial charge in [-0.3, -0.25) is 19.5 Å². The first-order chi connectivity index (χ1) is 17.7. The number of anilines is 1. The maximum Gasteiger partial charge on any atom is 0.248 e. The summed E-state index contributed by atoms with van der Waals surface area (Å²) >= 11 is 0. The van der Waals surface area contributed by atoms with Crippen molar-refractivity contribution in [2.24, 2.45) is 5.92 Å². The molecule has 7 nitrogen and oxygen atoms in total. The first-order valence-corrected chi connectivity index (χ1v) is 13.8. The molecule has 2 aliphatic heterocycles. The Labute approximate surface area is 220 Å². The fourth-order valence-electron chi connectivity index (χ4n) is 6.28. The van der Waals surface area contributed by atoms with E-state index in [4.69, 9.17) is 0 Å². The highest BCUT2D eigenvalue weighted by molar-refractivity contribution is 6.03. The zero-order chi connectivity index (χ0) is 26.2. The Hall–Kier alpha value is -2.77. The number of fused-ring (bicyclic) bond motifs is 2. The molecule has 2 amide bonds. The minimum Gasteiger partial charge on any atom is -0.391 e. The predicted molar refractivity (Wildman–Crippen MR) is 144 cm³/mol. The number of nitrogens with zero attached hydrogens (tertiary/aromatic N) is 2. The van der Waals surface area contributed by atoms with Crippen LogP contribution in [0.4, 0.5) is 5.69 Å². The van der Waals surface area contributed by atoms with Gasteiger partial charge < -0.3 is 15.7 Å². The molecule has 4 unspecified atom stereocenters. The molecule has 37 heavy (non-hydrogen) atoms. The Morgan fingerprint density at radius 1 is 1.05 bits per heavy atom. The minimum absolute atomic E-state index is 0.0286. The van der Waals surface area contributed by atoms with Crippen LogP contribution in [0.1, 0.15) is 82.9 Å². The molecule has 3 heterocycles. The first kappa shape index (κ1) is 25.9. The van der Waals surface area contributed by atoms with Gasteiger partial charge in [-0.1, -0.05) is 58.2 Å². The molecule has 5 rings (SSSR count). The molecule has 2 bridgehead atoms. The van der Waals surface area contributed by atoms with Crippen LogP contribution in [0, 0.1) is 5.92 Å². The van der Waals surface area contributed by atoms with E-state index in [9.17, 15) is 14.7 Å². The van der Waals surface area contributed by atoms with Gasteiger partial charge >= 0.3 is 0 Å². The molecule has 7 heteroatoms. The van der Waals surface area contributed by atoms with Crippen LogP contribution in [0.2, 0.25) is 0 Å². The van der Waals surface area contributed by atoms with Crippen molar-refractivity contribution >= 4 is 17.5 Å². The third-order valence-corrected chi connectivity index (χ3v) is 8.41. The summed E-state index contributed by atoms with van der Waals surface area (Å²) in [7, 11) is 0. The van der Waals surface area contributed by atoms with Gasteiger partial charge in [0.25, 0.3) is 0 Å². The maximum absolute atomic E-state index is 14.3. The number of carbonyl (C=O) groups is 2. The van der Waals surface area contributed by atoms with Gasteiger partial charge in [-0.25, -0.2) is 0 Å². The number of aliphatic hydroxyl groups excluding tert-OH is 1. The standard InChI is InChI=1S/C30H40N4O3/c1-30(2,3)20-11-13-22(14-12-20)34(29(37)23-16-25-26(35)17-24(23)33-25)27(19-8-7-15-31-18-19)28(36)32-21-9-5-4-6-10-21/h7-8,11-15,18,21,23-27,33,35H,4-6,9-10,16-17H2,1-3H3,(H,32,36)/t23?,24?,25?,26-,27?/m0/s1.